The molecule has 0 fully saturated rings. The summed E-state index contributed by atoms with van der Waals surface area (Å²) < 4.78 is 10.4. The van der Waals surface area contributed by atoms with Gasteiger partial charge in [0.2, 0.25) is 0 Å². The van der Waals surface area contributed by atoms with E-state index in [1.165, 1.54) is 11.1 Å². The molecule has 24 heavy (non-hydrogen) atoms. The van der Waals surface area contributed by atoms with E-state index in [0.29, 0.717) is 0 Å². The maximum absolute atomic E-state index is 5.20. The van der Waals surface area contributed by atoms with Crippen LogP contribution in [-0.4, -0.2) is 24.2 Å². The molecule has 0 atom stereocenters. The predicted molar refractivity (Wildman–Crippen MR) is 93.6 cm³/mol. The van der Waals surface area contributed by atoms with Gasteiger partial charge in [-0.05, 0) is 35.4 Å². The van der Waals surface area contributed by atoms with Crippen LogP contribution >= 0.6 is 0 Å². The van der Waals surface area contributed by atoms with Gasteiger partial charge >= 0.3 is 0 Å². The number of rotatable bonds is 6. The summed E-state index contributed by atoms with van der Waals surface area (Å²) >= 11 is 0. The quantitative estimate of drug-likeness (QED) is 0.695. The lowest BCUT2D eigenvalue weighted by atomic mass is 10.0. The van der Waals surface area contributed by atoms with E-state index in [2.05, 4.69) is 34.2 Å². The molecule has 1 heterocycles. The van der Waals surface area contributed by atoms with E-state index in [9.17, 15) is 0 Å². The Hall–Kier alpha value is -2.88. The van der Waals surface area contributed by atoms with Gasteiger partial charge in [-0.2, -0.15) is 0 Å². The summed E-state index contributed by atoms with van der Waals surface area (Å²) in [5.41, 5.74) is 4.37. The van der Waals surface area contributed by atoms with Gasteiger partial charge in [0, 0.05) is 25.2 Å². The molecule has 0 spiro atoms. The van der Waals surface area contributed by atoms with E-state index >= 15 is 0 Å². The standard InChI is InChI=1S/C20H20N2O2/c1-23-17-7-3-15(4-8-17)13-19-20(22-12-11-21-19)14-16-5-9-18(24-2)10-6-16/h3-12H,13-14H2,1-2H3. The molecule has 3 aromatic rings. The van der Waals surface area contributed by atoms with Crippen LogP contribution in [0.15, 0.2) is 60.9 Å². The lowest BCUT2D eigenvalue weighted by molar-refractivity contribution is 0.414. The molecular formula is C20H20N2O2. The van der Waals surface area contributed by atoms with Gasteiger partial charge < -0.3 is 9.47 Å². The number of benzene rings is 2. The molecule has 1 aromatic heterocycles. The molecule has 0 aliphatic carbocycles. The molecule has 122 valence electrons. The van der Waals surface area contributed by atoms with E-state index in [1.807, 2.05) is 24.3 Å². The minimum absolute atomic E-state index is 0.753. The Morgan fingerprint density at radius 1 is 0.625 bits per heavy atom. The Balaban J connectivity index is 1.78. The number of ether oxygens (including phenoxy) is 2. The summed E-state index contributed by atoms with van der Waals surface area (Å²) in [5.74, 6) is 1.72. The molecule has 4 nitrogen and oxygen atoms in total. The van der Waals surface area contributed by atoms with Crippen molar-refractivity contribution in [1.29, 1.82) is 0 Å². The number of nitrogens with zero attached hydrogens (tertiary/aromatic N) is 2. The molecule has 3 rings (SSSR count). The van der Waals surface area contributed by atoms with Crippen molar-refractivity contribution in [2.24, 2.45) is 0 Å². The first-order chi connectivity index (χ1) is 11.8. The van der Waals surface area contributed by atoms with Crippen LogP contribution in [0.4, 0.5) is 0 Å². The van der Waals surface area contributed by atoms with Gasteiger partial charge in [-0.1, -0.05) is 24.3 Å². The average Bonchev–Trinajstić information content (AvgIpc) is 2.64. The summed E-state index contributed by atoms with van der Waals surface area (Å²) in [6.07, 6.45) is 5.00. The predicted octanol–water partition coefficient (Wildman–Crippen LogP) is 3.68. The zero-order chi connectivity index (χ0) is 16.8. The number of hydrogen-bond acceptors (Lipinski definition) is 4. The molecule has 0 bridgehead atoms. The molecule has 0 radical (unpaired) electrons. The third-order valence-corrected chi connectivity index (χ3v) is 3.92. The van der Waals surface area contributed by atoms with Gasteiger partial charge in [0.05, 0.1) is 25.6 Å². The third kappa shape index (κ3) is 3.90. The first kappa shape index (κ1) is 16.0. The highest BCUT2D eigenvalue weighted by molar-refractivity contribution is 5.33. The average molecular weight is 320 g/mol. The molecule has 0 N–H and O–H groups in total. The van der Waals surface area contributed by atoms with Gasteiger partial charge in [-0.15, -0.1) is 0 Å². The lowest BCUT2D eigenvalue weighted by Gasteiger charge is -2.09. The summed E-state index contributed by atoms with van der Waals surface area (Å²) in [4.78, 5) is 9.06. The summed E-state index contributed by atoms with van der Waals surface area (Å²) in [5, 5.41) is 0. The van der Waals surface area contributed by atoms with Crippen LogP contribution in [0.5, 0.6) is 11.5 Å². The van der Waals surface area contributed by atoms with Crippen molar-refractivity contribution in [2.45, 2.75) is 12.8 Å². The Morgan fingerprint density at radius 2 is 1.00 bits per heavy atom. The van der Waals surface area contributed by atoms with E-state index in [0.717, 1.165) is 35.7 Å². The number of hydrogen-bond donors (Lipinski definition) is 0. The first-order valence-corrected chi connectivity index (χ1v) is 7.83. The fraction of sp³-hybridized carbons (Fsp3) is 0.200. The Kier molecular flexibility index (Phi) is 5.06. The maximum atomic E-state index is 5.20. The van der Waals surface area contributed by atoms with Gasteiger partial charge in [0.1, 0.15) is 11.5 Å². The molecule has 2 aromatic carbocycles. The maximum Gasteiger partial charge on any atom is 0.118 e. The fourth-order valence-corrected chi connectivity index (χ4v) is 2.56. The second-order valence-electron chi connectivity index (χ2n) is 5.50. The van der Waals surface area contributed by atoms with Crippen LogP contribution in [-0.2, 0) is 12.8 Å². The minimum Gasteiger partial charge on any atom is -0.497 e. The normalized spacial score (nSPS) is 10.4. The highest BCUT2D eigenvalue weighted by Crippen LogP contribution is 2.18. The van der Waals surface area contributed by atoms with Crippen molar-refractivity contribution < 1.29 is 9.47 Å². The number of aromatic nitrogens is 2. The summed E-state index contributed by atoms with van der Waals surface area (Å²) in [7, 11) is 3.34. The Labute approximate surface area is 142 Å². The molecule has 0 saturated heterocycles. The third-order valence-electron chi connectivity index (χ3n) is 3.92. The van der Waals surface area contributed by atoms with Crippen molar-refractivity contribution in [2.75, 3.05) is 14.2 Å². The molecule has 0 aliphatic heterocycles. The van der Waals surface area contributed by atoms with Gasteiger partial charge in [0.25, 0.3) is 0 Å². The Bertz CT molecular complexity index is 715. The van der Waals surface area contributed by atoms with Crippen LogP contribution in [0.3, 0.4) is 0 Å². The Morgan fingerprint density at radius 3 is 1.33 bits per heavy atom. The molecule has 0 saturated carbocycles. The van der Waals surface area contributed by atoms with Crippen molar-refractivity contribution in [3.8, 4) is 11.5 Å². The monoisotopic (exact) mass is 320 g/mol. The van der Waals surface area contributed by atoms with Crippen molar-refractivity contribution in [1.82, 2.24) is 9.97 Å². The van der Waals surface area contributed by atoms with Gasteiger partial charge in [-0.25, -0.2) is 0 Å². The summed E-state index contributed by atoms with van der Waals surface area (Å²) in [6.45, 7) is 0. The molecule has 4 heteroatoms. The van der Waals surface area contributed by atoms with Crippen molar-refractivity contribution in [3.05, 3.63) is 83.4 Å². The van der Waals surface area contributed by atoms with Crippen LogP contribution in [0.2, 0.25) is 0 Å². The summed E-state index contributed by atoms with van der Waals surface area (Å²) in [6, 6.07) is 16.1. The van der Waals surface area contributed by atoms with E-state index in [4.69, 9.17) is 9.47 Å². The lowest BCUT2D eigenvalue weighted by Crippen LogP contribution is -2.03. The second kappa shape index (κ2) is 7.59. The van der Waals surface area contributed by atoms with Gasteiger partial charge in [0.15, 0.2) is 0 Å². The smallest absolute Gasteiger partial charge is 0.118 e. The SMILES string of the molecule is COc1ccc(Cc2nccnc2Cc2ccc(OC)cc2)cc1. The van der Waals surface area contributed by atoms with E-state index in [-0.39, 0.29) is 0 Å². The molecule has 0 unspecified atom stereocenters. The van der Waals surface area contributed by atoms with Crippen LogP contribution in [0.1, 0.15) is 22.5 Å². The topological polar surface area (TPSA) is 44.2 Å². The number of methoxy groups -OCH3 is 2. The first-order valence-electron chi connectivity index (χ1n) is 7.83. The fourth-order valence-electron chi connectivity index (χ4n) is 2.56. The molecular weight excluding hydrogens is 300 g/mol. The van der Waals surface area contributed by atoms with Crippen molar-refractivity contribution >= 4 is 0 Å². The van der Waals surface area contributed by atoms with Gasteiger partial charge in [-0.3, -0.25) is 9.97 Å². The van der Waals surface area contributed by atoms with E-state index in [1.54, 1.807) is 26.6 Å². The molecule has 0 aliphatic rings. The van der Waals surface area contributed by atoms with E-state index < -0.39 is 0 Å². The van der Waals surface area contributed by atoms with Crippen LogP contribution in [0.25, 0.3) is 0 Å². The highest BCUT2D eigenvalue weighted by atomic mass is 16.5. The zero-order valence-electron chi connectivity index (χ0n) is 13.9. The molecule has 0 amide bonds. The second-order valence-corrected chi connectivity index (χ2v) is 5.50. The zero-order valence-corrected chi connectivity index (χ0v) is 13.9. The van der Waals surface area contributed by atoms with Crippen LogP contribution < -0.4 is 9.47 Å². The van der Waals surface area contributed by atoms with Crippen LogP contribution in [0, 0.1) is 0 Å². The largest absolute Gasteiger partial charge is 0.497 e. The van der Waals surface area contributed by atoms with Crippen molar-refractivity contribution in [3.63, 3.8) is 0 Å². The minimum atomic E-state index is 0.753. The highest BCUT2D eigenvalue weighted by Gasteiger charge is 2.08.